The summed E-state index contributed by atoms with van der Waals surface area (Å²) in [7, 11) is -3.06. The van der Waals surface area contributed by atoms with Crippen molar-refractivity contribution < 1.29 is 18.0 Å². The van der Waals surface area contributed by atoms with Gasteiger partial charge in [0.2, 0.25) is 5.91 Å². The largest absolute Gasteiger partial charge is 0.339 e. The fourth-order valence-corrected chi connectivity index (χ4v) is 6.76. The van der Waals surface area contributed by atoms with Crippen molar-refractivity contribution in [1.29, 1.82) is 0 Å². The lowest BCUT2D eigenvalue weighted by Gasteiger charge is -2.43. The first kappa shape index (κ1) is 23.1. The number of rotatable bonds is 6. The van der Waals surface area contributed by atoms with Crippen LogP contribution in [-0.2, 0) is 20.4 Å². The number of nitrogens with zero attached hydrogens (tertiary/aromatic N) is 2. The summed E-state index contributed by atoms with van der Waals surface area (Å²) in [5, 5.41) is -0.164. The minimum Gasteiger partial charge on any atom is -0.339 e. The second kappa shape index (κ2) is 8.84. The molecule has 2 amide bonds. The first-order valence-corrected chi connectivity index (χ1v) is 14.0. The average molecular weight is 481 g/mol. The van der Waals surface area contributed by atoms with E-state index in [4.69, 9.17) is 0 Å². The molecule has 0 spiro atoms. The predicted octanol–water partition coefficient (Wildman–Crippen LogP) is 3.91. The molecule has 34 heavy (non-hydrogen) atoms. The second-order valence-corrected chi connectivity index (χ2v) is 12.6. The van der Waals surface area contributed by atoms with E-state index in [1.165, 1.54) is 0 Å². The predicted molar refractivity (Wildman–Crippen MR) is 132 cm³/mol. The molecule has 6 nitrogen and oxygen atoms in total. The van der Waals surface area contributed by atoms with Crippen LogP contribution >= 0.6 is 0 Å². The van der Waals surface area contributed by atoms with Crippen LogP contribution < -0.4 is 0 Å². The molecule has 2 aromatic carbocycles. The van der Waals surface area contributed by atoms with Gasteiger partial charge in [0, 0.05) is 37.2 Å². The first-order chi connectivity index (χ1) is 16.2. The number of hydrogen-bond donors (Lipinski definition) is 0. The summed E-state index contributed by atoms with van der Waals surface area (Å²) in [6.07, 6.45) is 4.62. The highest BCUT2D eigenvalue weighted by molar-refractivity contribution is 7.91. The number of sulfone groups is 1. The summed E-state index contributed by atoms with van der Waals surface area (Å²) < 4.78 is 24.7. The topological polar surface area (TPSA) is 74.8 Å². The summed E-state index contributed by atoms with van der Waals surface area (Å²) in [6, 6.07) is 15.1. The average Bonchev–Trinajstić information content (AvgIpc) is 3.68. The molecule has 0 N–H and O–H groups in total. The molecule has 3 fully saturated rings. The van der Waals surface area contributed by atoms with E-state index < -0.39 is 9.84 Å². The van der Waals surface area contributed by atoms with Gasteiger partial charge in [-0.25, -0.2) is 8.42 Å². The third-order valence-corrected chi connectivity index (χ3v) is 9.84. The molecule has 0 atom stereocenters. The van der Waals surface area contributed by atoms with E-state index in [-0.39, 0.29) is 28.2 Å². The van der Waals surface area contributed by atoms with Gasteiger partial charge in [-0.1, -0.05) is 49.7 Å². The van der Waals surface area contributed by atoms with Gasteiger partial charge >= 0.3 is 0 Å². The number of amides is 2. The summed E-state index contributed by atoms with van der Waals surface area (Å²) in [5.41, 5.74) is 3.13. The molecule has 0 radical (unpaired) electrons. The highest BCUT2D eigenvalue weighted by Gasteiger charge is 2.42. The van der Waals surface area contributed by atoms with Crippen LogP contribution in [-0.4, -0.2) is 61.5 Å². The molecule has 5 rings (SSSR count). The quantitative estimate of drug-likeness (QED) is 0.628. The fraction of sp³-hybridized carbons (Fsp3) is 0.481. The Labute approximate surface area is 201 Å². The van der Waals surface area contributed by atoms with Crippen LogP contribution in [0.15, 0.2) is 48.5 Å². The molecule has 180 valence electrons. The molecule has 1 saturated heterocycles. The van der Waals surface area contributed by atoms with Gasteiger partial charge in [0.1, 0.15) is 0 Å². The molecule has 0 bridgehead atoms. The number of carbonyl (C=O) groups is 2. The Morgan fingerprint density at radius 3 is 2.15 bits per heavy atom. The van der Waals surface area contributed by atoms with Crippen LogP contribution in [0.4, 0.5) is 0 Å². The molecule has 1 aliphatic heterocycles. The van der Waals surface area contributed by atoms with E-state index in [1.54, 1.807) is 0 Å². The van der Waals surface area contributed by atoms with Crippen molar-refractivity contribution in [2.24, 2.45) is 5.41 Å². The molecular weight excluding hydrogens is 448 g/mol. The molecule has 1 heterocycles. The normalized spacial score (nSPS) is 20.0. The zero-order valence-electron chi connectivity index (χ0n) is 19.7. The van der Waals surface area contributed by atoms with E-state index >= 15 is 0 Å². The SMILES string of the molecule is CC1(C(=O)N2CCN(C(=O)c3ccc(-c4cccc(CS(=O)(=O)C5CC5)c4)cc3)CC2)CCC1. The van der Waals surface area contributed by atoms with Gasteiger partial charge in [-0.3, -0.25) is 9.59 Å². The van der Waals surface area contributed by atoms with E-state index in [0.717, 1.165) is 48.8 Å². The lowest BCUT2D eigenvalue weighted by Crippen LogP contribution is -2.55. The van der Waals surface area contributed by atoms with E-state index in [1.807, 2.05) is 58.3 Å². The van der Waals surface area contributed by atoms with Crippen LogP contribution in [0.3, 0.4) is 0 Å². The number of carbonyl (C=O) groups excluding carboxylic acids is 2. The number of hydrogen-bond acceptors (Lipinski definition) is 4. The monoisotopic (exact) mass is 480 g/mol. The minimum absolute atomic E-state index is 0.0159. The van der Waals surface area contributed by atoms with Crippen LogP contribution in [0, 0.1) is 5.41 Å². The maximum atomic E-state index is 13.0. The van der Waals surface area contributed by atoms with Crippen molar-refractivity contribution in [2.75, 3.05) is 26.2 Å². The van der Waals surface area contributed by atoms with Crippen molar-refractivity contribution in [2.45, 2.75) is 50.0 Å². The minimum atomic E-state index is -3.06. The zero-order chi connectivity index (χ0) is 23.9. The van der Waals surface area contributed by atoms with Crippen molar-refractivity contribution in [3.05, 3.63) is 59.7 Å². The number of benzene rings is 2. The van der Waals surface area contributed by atoms with Crippen LogP contribution in [0.1, 0.15) is 54.9 Å². The van der Waals surface area contributed by atoms with Crippen LogP contribution in [0.5, 0.6) is 0 Å². The lowest BCUT2D eigenvalue weighted by atomic mass is 9.69. The van der Waals surface area contributed by atoms with Crippen molar-refractivity contribution >= 4 is 21.7 Å². The molecule has 3 aliphatic rings. The van der Waals surface area contributed by atoms with E-state index in [2.05, 4.69) is 6.92 Å². The van der Waals surface area contributed by atoms with Gasteiger partial charge in [-0.2, -0.15) is 0 Å². The fourth-order valence-electron chi connectivity index (χ4n) is 5.02. The maximum absolute atomic E-state index is 13.0. The first-order valence-electron chi connectivity index (χ1n) is 12.2. The van der Waals surface area contributed by atoms with Gasteiger partial charge in [-0.15, -0.1) is 0 Å². The Hall–Kier alpha value is -2.67. The van der Waals surface area contributed by atoms with Crippen LogP contribution in [0.2, 0.25) is 0 Å². The molecule has 2 saturated carbocycles. The Morgan fingerprint density at radius 2 is 1.56 bits per heavy atom. The van der Waals surface area contributed by atoms with Gasteiger partial charge in [0.05, 0.1) is 11.0 Å². The Kier molecular flexibility index (Phi) is 6.00. The molecule has 2 aromatic rings. The molecule has 0 unspecified atom stereocenters. The molecular formula is C27H32N2O4S. The lowest BCUT2D eigenvalue weighted by molar-refractivity contribution is -0.147. The van der Waals surface area contributed by atoms with Crippen molar-refractivity contribution in [3.63, 3.8) is 0 Å². The Morgan fingerprint density at radius 1 is 0.912 bits per heavy atom. The Balaban J connectivity index is 1.21. The third-order valence-electron chi connectivity index (χ3n) is 7.62. The van der Waals surface area contributed by atoms with E-state index in [9.17, 15) is 18.0 Å². The highest BCUT2D eigenvalue weighted by Crippen LogP contribution is 2.42. The summed E-state index contributed by atoms with van der Waals surface area (Å²) in [6.45, 7) is 4.35. The molecule has 0 aromatic heterocycles. The highest BCUT2D eigenvalue weighted by atomic mass is 32.2. The van der Waals surface area contributed by atoms with Gasteiger partial charge < -0.3 is 9.80 Å². The standard InChI is InChI=1S/C27H32N2O4S/c1-27(12-3-13-27)26(31)29-16-14-28(15-17-29)25(30)22-8-6-21(7-9-22)23-5-2-4-20(18-23)19-34(32,33)24-10-11-24/h2,4-9,18,24H,3,10-17,19H2,1H3. The van der Waals surface area contributed by atoms with Gasteiger partial charge in [0.15, 0.2) is 9.84 Å². The van der Waals surface area contributed by atoms with Crippen LogP contribution in [0.25, 0.3) is 11.1 Å². The molecule has 2 aliphatic carbocycles. The Bertz CT molecular complexity index is 1190. The van der Waals surface area contributed by atoms with Crippen molar-refractivity contribution in [1.82, 2.24) is 9.80 Å². The molecule has 7 heteroatoms. The summed E-state index contributed by atoms with van der Waals surface area (Å²) in [5.74, 6) is 0.301. The smallest absolute Gasteiger partial charge is 0.253 e. The maximum Gasteiger partial charge on any atom is 0.253 e. The van der Waals surface area contributed by atoms with Gasteiger partial charge in [0.25, 0.3) is 5.91 Å². The third kappa shape index (κ3) is 4.63. The zero-order valence-corrected chi connectivity index (χ0v) is 20.5. The summed E-state index contributed by atoms with van der Waals surface area (Å²) in [4.78, 5) is 29.5. The second-order valence-electron chi connectivity index (χ2n) is 10.3. The number of piperazine rings is 1. The van der Waals surface area contributed by atoms with Crippen molar-refractivity contribution in [3.8, 4) is 11.1 Å². The van der Waals surface area contributed by atoms with Gasteiger partial charge in [-0.05, 0) is 54.5 Å². The summed E-state index contributed by atoms with van der Waals surface area (Å²) >= 11 is 0. The van der Waals surface area contributed by atoms with E-state index in [0.29, 0.717) is 31.7 Å².